The van der Waals surface area contributed by atoms with Gasteiger partial charge in [0.1, 0.15) is 0 Å². The van der Waals surface area contributed by atoms with Crippen LogP contribution in [-0.4, -0.2) is 45.7 Å². The Morgan fingerprint density at radius 1 is 1.55 bits per heavy atom. The highest BCUT2D eigenvalue weighted by Gasteiger charge is 2.06. The average Bonchev–Trinajstić information content (AvgIpc) is 3.01. The molecule has 0 spiro atoms. The van der Waals surface area contributed by atoms with Gasteiger partial charge < -0.3 is 15.2 Å². The quantitative estimate of drug-likeness (QED) is 0.717. The van der Waals surface area contributed by atoms with Crippen LogP contribution in [-0.2, 0) is 18.2 Å². The van der Waals surface area contributed by atoms with Gasteiger partial charge in [0.05, 0.1) is 42.4 Å². The van der Waals surface area contributed by atoms with Crippen molar-refractivity contribution in [1.82, 2.24) is 14.8 Å². The van der Waals surface area contributed by atoms with Gasteiger partial charge >= 0.3 is 0 Å². The molecule has 0 aliphatic rings. The number of ether oxygens (including phenoxy) is 1. The predicted molar refractivity (Wildman–Crippen MR) is 79.1 cm³/mol. The van der Waals surface area contributed by atoms with E-state index in [2.05, 4.69) is 15.4 Å². The Labute approximate surface area is 122 Å². The maximum Gasteiger partial charge on any atom is 0.0945 e. The molecule has 2 rings (SSSR count). The van der Waals surface area contributed by atoms with Gasteiger partial charge in [0.15, 0.2) is 0 Å². The molecule has 0 saturated heterocycles. The van der Waals surface area contributed by atoms with E-state index in [-0.39, 0.29) is 0 Å². The summed E-state index contributed by atoms with van der Waals surface area (Å²) < 4.78 is 7.20. The molecule has 0 saturated carbocycles. The molecule has 110 valence electrons. The summed E-state index contributed by atoms with van der Waals surface area (Å²) in [5.41, 5.74) is 3.81. The number of hydrogen-bond acceptors (Lipinski definition) is 6. The summed E-state index contributed by atoms with van der Waals surface area (Å²) in [6, 6.07) is 0. The lowest BCUT2D eigenvalue weighted by Crippen LogP contribution is -2.25. The highest BCUT2D eigenvalue weighted by atomic mass is 32.1. The highest BCUT2D eigenvalue weighted by molar-refractivity contribution is 7.09. The van der Waals surface area contributed by atoms with Crippen molar-refractivity contribution < 1.29 is 9.84 Å². The molecule has 1 unspecified atom stereocenters. The maximum absolute atomic E-state index is 9.80. The molecule has 7 heteroatoms. The van der Waals surface area contributed by atoms with Gasteiger partial charge in [0.25, 0.3) is 0 Å². The number of rotatable bonds is 8. The van der Waals surface area contributed by atoms with Crippen LogP contribution < -0.4 is 5.32 Å². The van der Waals surface area contributed by atoms with E-state index in [1.54, 1.807) is 22.2 Å². The third kappa shape index (κ3) is 4.59. The summed E-state index contributed by atoms with van der Waals surface area (Å²) in [7, 11) is 1.85. The first-order chi connectivity index (χ1) is 9.65. The fourth-order valence-electron chi connectivity index (χ4n) is 1.76. The summed E-state index contributed by atoms with van der Waals surface area (Å²) in [6.07, 6.45) is 3.90. The van der Waals surface area contributed by atoms with Gasteiger partial charge in [0.2, 0.25) is 0 Å². The van der Waals surface area contributed by atoms with Crippen LogP contribution in [0.15, 0.2) is 17.9 Å². The summed E-state index contributed by atoms with van der Waals surface area (Å²) in [5, 5.41) is 17.0. The Bertz CT molecular complexity index is 526. The van der Waals surface area contributed by atoms with E-state index >= 15 is 0 Å². The summed E-state index contributed by atoms with van der Waals surface area (Å²) in [4.78, 5) is 5.43. The van der Waals surface area contributed by atoms with Crippen LogP contribution in [0.1, 0.15) is 10.6 Å². The number of nitrogens with one attached hydrogen (secondary N) is 1. The SMILES string of the molecule is Cc1ncsc1CCOCC(O)CNc1cnn(C)c1. The largest absolute Gasteiger partial charge is 0.389 e. The molecule has 20 heavy (non-hydrogen) atoms. The van der Waals surface area contributed by atoms with Crippen molar-refractivity contribution in [3.63, 3.8) is 0 Å². The van der Waals surface area contributed by atoms with Crippen LogP contribution in [0, 0.1) is 6.92 Å². The van der Waals surface area contributed by atoms with Crippen molar-refractivity contribution in [3.8, 4) is 0 Å². The molecule has 0 radical (unpaired) electrons. The van der Waals surface area contributed by atoms with E-state index in [0.29, 0.717) is 19.8 Å². The van der Waals surface area contributed by atoms with Gasteiger partial charge in [-0.25, -0.2) is 4.98 Å². The smallest absolute Gasteiger partial charge is 0.0945 e. The van der Waals surface area contributed by atoms with Gasteiger partial charge in [0, 0.05) is 31.1 Å². The van der Waals surface area contributed by atoms with Crippen LogP contribution in [0.4, 0.5) is 5.69 Å². The Morgan fingerprint density at radius 2 is 2.40 bits per heavy atom. The summed E-state index contributed by atoms with van der Waals surface area (Å²) in [6.45, 7) is 3.38. The van der Waals surface area contributed by atoms with E-state index in [1.807, 2.05) is 25.7 Å². The lowest BCUT2D eigenvalue weighted by atomic mass is 10.3. The molecule has 0 amide bonds. The molecule has 2 aromatic rings. The second-order valence-corrected chi connectivity index (χ2v) is 5.56. The molecule has 1 atom stereocenters. The van der Waals surface area contributed by atoms with Crippen molar-refractivity contribution in [1.29, 1.82) is 0 Å². The predicted octanol–water partition coefficient (Wildman–Crippen LogP) is 1.22. The Balaban J connectivity index is 1.58. The zero-order chi connectivity index (χ0) is 14.4. The normalized spacial score (nSPS) is 12.6. The molecule has 0 fully saturated rings. The summed E-state index contributed by atoms with van der Waals surface area (Å²) >= 11 is 1.64. The van der Waals surface area contributed by atoms with Crippen LogP contribution >= 0.6 is 11.3 Å². The van der Waals surface area contributed by atoms with Crippen LogP contribution in [0.25, 0.3) is 0 Å². The van der Waals surface area contributed by atoms with Crippen LogP contribution in [0.3, 0.4) is 0 Å². The second kappa shape index (κ2) is 7.37. The first-order valence-corrected chi connectivity index (χ1v) is 7.40. The molecule has 0 bridgehead atoms. The van der Waals surface area contributed by atoms with E-state index in [9.17, 15) is 5.11 Å². The van der Waals surface area contributed by atoms with Gasteiger partial charge in [-0.3, -0.25) is 4.68 Å². The van der Waals surface area contributed by atoms with Crippen molar-refractivity contribution in [2.75, 3.05) is 25.1 Å². The number of aryl methyl sites for hydroxylation is 2. The molecule has 0 aromatic carbocycles. The van der Waals surface area contributed by atoms with Crippen molar-refractivity contribution in [2.45, 2.75) is 19.4 Å². The third-order valence-electron chi connectivity index (χ3n) is 2.88. The fourth-order valence-corrected chi connectivity index (χ4v) is 2.52. The van der Waals surface area contributed by atoms with E-state index in [1.165, 1.54) is 4.88 Å². The lowest BCUT2D eigenvalue weighted by molar-refractivity contribution is 0.0449. The monoisotopic (exact) mass is 296 g/mol. The second-order valence-electron chi connectivity index (χ2n) is 4.62. The first-order valence-electron chi connectivity index (χ1n) is 6.52. The molecule has 2 N–H and O–H groups in total. The number of aliphatic hydroxyl groups excluding tert-OH is 1. The van der Waals surface area contributed by atoms with E-state index < -0.39 is 6.10 Å². The molecule has 6 nitrogen and oxygen atoms in total. The van der Waals surface area contributed by atoms with Crippen LogP contribution in [0.5, 0.6) is 0 Å². The summed E-state index contributed by atoms with van der Waals surface area (Å²) in [5.74, 6) is 0. The molecular formula is C13H20N4O2S. The topological polar surface area (TPSA) is 72.2 Å². The number of nitrogens with zero attached hydrogens (tertiary/aromatic N) is 3. The van der Waals surface area contributed by atoms with Crippen molar-refractivity contribution in [3.05, 3.63) is 28.5 Å². The number of thiazole rings is 1. The minimum absolute atomic E-state index is 0.325. The van der Waals surface area contributed by atoms with E-state index in [4.69, 9.17) is 4.74 Å². The standard InChI is InChI=1S/C13H20N4O2S/c1-10-13(20-9-15-10)3-4-19-8-12(18)6-14-11-5-16-17(2)7-11/h5,7,9,12,14,18H,3-4,6,8H2,1-2H3. The third-order valence-corrected chi connectivity index (χ3v) is 3.87. The minimum atomic E-state index is -0.530. The Kier molecular flexibility index (Phi) is 5.51. The average molecular weight is 296 g/mol. The first kappa shape index (κ1) is 15.0. The maximum atomic E-state index is 9.80. The van der Waals surface area contributed by atoms with Gasteiger partial charge in [-0.05, 0) is 6.92 Å². The molecular weight excluding hydrogens is 276 g/mol. The highest BCUT2D eigenvalue weighted by Crippen LogP contribution is 2.12. The minimum Gasteiger partial charge on any atom is -0.389 e. The molecule has 0 aliphatic heterocycles. The van der Waals surface area contributed by atoms with Gasteiger partial charge in [-0.15, -0.1) is 11.3 Å². The van der Waals surface area contributed by atoms with Gasteiger partial charge in [-0.2, -0.15) is 5.10 Å². The Morgan fingerprint density at radius 3 is 3.05 bits per heavy atom. The number of hydrogen-bond donors (Lipinski definition) is 2. The molecule has 0 aliphatic carbocycles. The van der Waals surface area contributed by atoms with Crippen LogP contribution in [0.2, 0.25) is 0 Å². The number of aromatic nitrogens is 3. The zero-order valence-corrected chi connectivity index (χ0v) is 12.6. The van der Waals surface area contributed by atoms with E-state index in [0.717, 1.165) is 17.8 Å². The lowest BCUT2D eigenvalue weighted by Gasteiger charge is -2.12. The molecule has 2 heterocycles. The van der Waals surface area contributed by atoms with Crippen molar-refractivity contribution in [2.24, 2.45) is 7.05 Å². The molecule has 2 aromatic heterocycles. The van der Waals surface area contributed by atoms with Crippen molar-refractivity contribution >= 4 is 17.0 Å². The number of aliphatic hydroxyl groups is 1. The Hall–Kier alpha value is -1.44. The van der Waals surface area contributed by atoms with Gasteiger partial charge in [-0.1, -0.05) is 0 Å². The zero-order valence-electron chi connectivity index (χ0n) is 11.7. The fraction of sp³-hybridized carbons (Fsp3) is 0.538. The number of anilines is 1.